The molecule has 5 heteroatoms. The molecule has 2 aromatic carbocycles. The molecule has 1 aromatic heterocycles. The first-order chi connectivity index (χ1) is 13.8. The third-order valence-corrected chi connectivity index (χ3v) is 7.58. The second kappa shape index (κ2) is 7.62. The Labute approximate surface area is 174 Å². The van der Waals surface area contributed by atoms with Gasteiger partial charge >= 0.3 is 0 Å². The summed E-state index contributed by atoms with van der Waals surface area (Å²) in [7, 11) is -3.24. The molecule has 0 amide bonds. The first-order valence-electron chi connectivity index (χ1n) is 10.5. The summed E-state index contributed by atoms with van der Waals surface area (Å²) in [6.45, 7) is 8.84. The second-order valence-corrected chi connectivity index (χ2v) is 11.2. The van der Waals surface area contributed by atoms with E-state index in [1.54, 1.807) is 13.8 Å². The molecular formula is C24H30N2O2S. The van der Waals surface area contributed by atoms with Crippen LogP contribution in [0, 0.1) is 5.92 Å². The Balaban J connectivity index is 1.70. The Bertz CT molecular complexity index is 1110. The van der Waals surface area contributed by atoms with E-state index < -0.39 is 15.3 Å². The molecule has 1 aliphatic rings. The van der Waals surface area contributed by atoms with Crippen molar-refractivity contribution in [3.05, 3.63) is 60.3 Å². The van der Waals surface area contributed by atoms with E-state index in [2.05, 4.69) is 71.8 Å². The molecule has 0 unspecified atom stereocenters. The summed E-state index contributed by atoms with van der Waals surface area (Å²) in [5.41, 5.74) is 4.91. The lowest BCUT2D eigenvalue weighted by molar-refractivity contribution is 0.534. The van der Waals surface area contributed by atoms with Gasteiger partial charge in [-0.1, -0.05) is 56.3 Å². The highest BCUT2D eigenvalue weighted by atomic mass is 32.2. The van der Waals surface area contributed by atoms with E-state index in [0.717, 1.165) is 13.0 Å². The third-order valence-electron chi connectivity index (χ3n) is 5.71. The molecule has 1 aliphatic carbocycles. The van der Waals surface area contributed by atoms with E-state index in [-0.39, 0.29) is 12.0 Å². The number of sulfonamides is 1. The number of aromatic nitrogens is 1. The van der Waals surface area contributed by atoms with Gasteiger partial charge in [0.25, 0.3) is 0 Å². The highest BCUT2D eigenvalue weighted by Crippen LogP contribution is 2.45. The van der Waals surface area contributed by atoms with Gasteiger partial charge in [0, 0.05) is 35.6 Å². The summed E-state index contributed by atoms with van der Waals surface area (Å²) in [5.74, 6) is 0.787. The van der Waals surface area contributed by atoms with E-state index in [0.29, 0.717) is 5.92 Å². The molecule has 0 spiro atoms. The number of hydrogen-bond acceptors (Lipinski definition) is 2. The second-order valence-electron chi connectivity index (χ2n) is 8.89. The highest BCUT2D eigenvalue weighted by Gasteiger charge is 2.43. The van der Waals surface area contributed by atoms with Crippen molar-refractivity contribution >= 4 is 20.9 Å². The molecule has 0 radical (unpaired) electrons. The minimum absolute atomic E-state index is 0.00861. The van der Waals surface area contributed by atoms with Gasteiger partial charge in [-0.05, 0) is 48.9 Å². The van der Waals surface area contributed by atoms with Crippen molar-refractivity contribution in [2.24, 2.45) is 5.92 Å². The van der Waals surface area contributed by atoms with Crippen LogP contribution < -0.4 is 4.72 Å². The fourth-order valence-electron chi connectivity index (χ4n) is 3.99. The van der Waals surface area contributed by atoms with Crippen molar-refractivity contribution in [3.8, 4) is 11.1 Å². The Morgan fingerprint density at radius 3 is 2.41 bits per heavy atom. The van der Waals surface area contributed by atoms with Gasteiger partial charge in [0.05, 0.1) is 5.25 Å². The fraction of sp³-hybridized carbons (Fsp3) is 0.417. The molecule has 4 nitrogen and oxygen atoms in total. The summed E-state index contributed by atoms with van der Waals surface area (Å²) in [6.07, 6.45) is 3.11. The van der Waals surface area contributed by atoms with Crippen LogP contribution in [0.15, 0.2) is 54.7 Å². The standard InChI is InChI=1S/C24H30N2O2S/c1-16(2)14-26-15-22(21-13-23(21)25-29(27,28)17(3)4)20-11-10-19(12-24(20)26)18-8-6-5-7-9-18/h5-12,15-17,21,23,25H,13-14H2,1-4H3/t21-,23+/m0/s1. The molecule has 1 fully saturated rings. The number of benzene rings is 2. The number of hydrogen-bond donors (Lipinski definition) is 1. The highest BCUT2D eigenvalue weighted by molar-refractivity contribution is 7.90. The van der Waals surface area contributed by atoms with E-state index in [1.807, 2.05) is 6.07 Å². The van der Waals surface area contributed by atoms with E-state index >= 15 is 0 Å². The smallest absolute Gasteiger partial charge is 0.214 e. The Hall–Kier alpha value is -2.11. The van der Waals surface area contributed by atoms with Gasteiger partial charge in [-0.15, -0.1) is 0 Å². The van der Waals surface area contributed by atoms with Crippen LogP contribution in [0.2, 0.25) is 0 Å². The van der Waals surface area contributed by atoms with E-state index in [1.165, 1.54) is 27.6 Å². The largest absolute Gasteiger partial charge is 0.347 e. The van der Waals surface area contributed by atoms with E-state index in [9.17, 15) is 8.42 Å². The molecule has 1 saturated carbocycles. The molecule has 29 heavy (non-hydrogen) atoms. The minimum Gasteiger partial charge on any atom is -0.347 e. The maximum Gasteiger partial charge on any atom is 0.214 e. The molecule has 154 valence electrons. The van der Waals surface area contributed by atoms with Gasteiger partial charge in [-0.2, -0.15) is 0 Å². The normalized spacial score (nSPS) is 19.4. The zero-order valence-corrected chi connectivity index (χ0v) is 18.4. The summed E-state index contributed by atoms with van der Waals surface area (Å²) in [5, 5.41) is 0.834. The lowest BCUT2D eigenvalue weighted by Gasteiger charge is -2.09. The zero-order valence-electron chi connectivity index (χ0n) is 17.6. The monoisotopic (exact) mass is 410 g/mol. The maximum absolute atomic E-state index is 12.3. The summed E-state index contributed by atoms with van der Waals surface area (Å²) >= 11 is 0. The summed E-state index contributed by atoms with van der Waals surface area (Å²) in [6, 6.07) is 17.1. The number of nitrogens with one attached hydrogen (secondary N) is 1. The van der Waals surface area contributed by atoms with Crippen LogP contribution in [0.3, 0.4) is 0 Å². The van der Waals surface area contributed by atoms with Crippen molar-refractivity contribution in [1.29, 1.82) is 0 Å². The predicted octanol–water partition coefficient (Wildman–Crippen LogP) is 5.15. The van der Waals surface area contributed by atoms with Gasteiger partial charge in [0.1, 0.15) is 0 Å². The van der Waals surface area contributed by atoms with Gasteiger partial charge < -0.3 is 4.57 Å². The van der Waals surface area contributed by atoms with Gasteiger partial charge in [0.15, 0.2) is 0 Å². The molecule has 1 heterocycles. The fourth-order valence-corrected chi connectivity index (χ4v) is 4.94. The molecule has 2 atom stereocenters. The van der Waals surface area contributed by atoms with Crippen LogP contribution >= 0.6 is 0 Å². The van der Waals surface area contributed by atoms with Crippen molar-refractivity contribution in [1.82, 2.24) is 9.29 Å². The van der Waals surface area contributed by atoms with Gasteiger partial charge in [-0.3, -0.25) is 0 Å². The van der Waals surface area contributed by atoms with Crippen molar-refractivity contribution in [2.75, 3.05) is 0 Å². The summed E-state index contributed by atoms with van der Waals surface area (Å²) < 4.78 is 29.7. The van der Waals surface area contributed by atoms with E-state index in [4.69, 9.17) is 0 Å². The molecular weight excluding hydrogens is 380 g/mol. The first-order valence-corrected chi connectivity index (χ1v) is 12.0. The lowest BCUT2D eigenvalue weighted by Crippen LogP contribution is -2.33. The number of rotatable bonds is 7. The van der Waals surface area contributed by atoms with Crippen molar-refractivity contribution in [3.63, 3.8) is 0 Å². The quantitative estimate of drug-likeness (QED) is 0.586. The molecule has 0 saturated heterocycles. The van der Waals surface area contributed by atoms with Gasteiger partial charge in [0.2, 0.25) is 10.0 Å². The number of fused-ring (bicyclic) bond motifs is 1. The maximum atomic E-state index is 12.3. The van der Waals surface area contributed by atoms with Crippen LogP contribution in [0.4, 0.5) is 0 Å². The predicted molar refractivity (Wildman–Crippen MR) is 121 cm³/mol. The lowest BCUT2D eigenvalue weighted by atomic mass is 10.0. The van der Waals surface area contributed by atoms with Crippen LogP contribution in [-0.4, -0.2) is 24.3 Å². The average molecular weight is 411 g/mol. The van der Waals surface area contributed by atoms with Crippen molar-refractivity contribution < 1.29 is 8.42 Å². The Kier molecular flexibility index (Phi) is 5.30. The Morgan fingerprint density at radius 1 is 1.03 bits per heavy atom. The zero-order chi connectivity index (χ0) is 20.8. The van der Waals surface area contributed by atoms with Crippen molar-refractivity contribution in [2.45, 2.75) is 57.9 Å². The van der Waals surface area contributed by atoms with Crippen LogP contribution in [0.1, 0.15) is 45.6 Å². The molecule has 1 N–H and O–H groups in total. The topological polar surface area (TPSA) is 51.1 Å². The summed E-state index contributed by atoms with van der Waals surface area (Å²) in [4.78, 5) is 0. The SMILES string of the molecule is CC(C)Cn1cc([C@@H]2C[C@H]2NS(=O)(=O)C(C)C)c2ccc(-c3ccccc3)cc21. The van der Waals surface area contributed by atoms with Crippen LogP contribution in [-0.2, 0) is 16.6 Å². The minimum atomic E-state index is -3.24. The molecule has 4 rings (SSSR count). The molecule has 0 aliphatic heterocycles. The molecule has 0 bridgehead atoms. The first kappa shape index (κ1) is 20.2. The third kappa shape index (κ3) is 4.12. The van der Waals surface area contributed by atoms with Crippen LogP contribution in [0.5, 0.6) is 0 Å². The average Bonchev–Trinajstić information content (AvgIpc) is 3.33. The Morgan fingerprint density at radius 2 is 1.76 bits per heavy atom. The van der Waals surface area contributed by atoms with Gasteiger partial charge in [-0.25, -0.2) is 13.1 Å². The van der Waals surface area contributed by atoms with Crippen LogP contribution in [0.25, 0.3) is 22.0 Å². The number of nitrogens with zero attached hydrogens (tertiary/aromatic N) is 1. The molecule has 3 aromatic rings.